The van der Waals surface area contributed by atoms with Gasteiger partial charge in [0, 0.05) is 11.3 Å². The van der Waals surface area contributed by atoms with Crippen LogP contribution in [0, 0.1) is 6.92 Å². The molecule has 36 heavy (non-hydrogen) atoms. The number of hydrogen-bond donors (Lipinski definition) is 1. The van der Waals surface area contributed by atoms with Gasteiger partial charge in [-0.1, -0.05) is 78.0 Å². The summed E-state index contributed by atoms with van der Waals surface area (Å²) in [6.45, 7) is 3.97. The van der Waals surface area contributed by atoms with Crippen molar-refractivity contribution >= 4 is 30.0 Å². The number of carbonyl (C=O) groups excluding carboxylic acids is 1. The largest absolute Gasteiger partial charge is 0.497 e. The van der Waals surface area contributed by atoms with Gasteiger partial charge in [-0.2, -0.15) is 5.10 Å². The Morgan fingerprint density at radius 2 is 1.75 bits per heavy atom. The number of ether oxygens (including phenoxy) is 1. The first kappa shape index (κ1) is 24.9. The first-order valence-electron chi connectivity index (χ1n) is 11.4. The smallest absolute Gasteiger partial charge is 0.250 e. The van der Waals surface area contributed by atoms with E-state index in [1.807, 2.05) is 103 Å². The summed E-state index contributed by atoms with van der Waals surface area (Å²) in [5.41, 5.74) is 7.56. The number of carbonyl (C=O) groups is 1. The van der Waals surface area contributed by atoms with Gasteiger partial charge < -0.3 is 4.74 Å². The van der Waals surface area contributed by atoms with Crippen molar-refractivity contribution < 1.29 is 9.53 Å². The molecule has 0 aliphatic carbocycles. The predicted molar refractivity (Wildman–Crippen MR) is 146 cm³/mol. The number of amides is 1. The minimum absolute atomic E-state index is 0.140. The normalized spacial score (nSPS) is 11.6. The third-order valence-corrected chi connectivity index (χ3v) is 6.19. The number of rotatable bonds is 9. The highest BCUT2D eigenvalue weighted by molar-refractivity contribution is 7.99. The number of benzene rings is 3. The lowest BCUT2D eigenvalue weighted by Gasteiger charge is -2.11. The fraction of sp³-hybridized carbons (Fsp3) is 0.143. The first-order chi connectivity index (χ1) is 17.5. The number of nitrogens with zero attached hydrogens (tertiary/aromatic N) is 4. The number of methoxy groups -OCH3 is 1. The number of thioether (sulfide) groups is 1. The molecule has 1 amide bonds. The number of aryl methyl sites for hydroxylation is 1. The Kier molecular flexibility index (Phi) is 8.31. The average Bonchev–Trinajstić information content (AvgIpc) is 3.32. The lowest BCUT2D eigenvalue weighted by molar-refractivity contribution is -0.118. The lowest BCUT2D eigenvalue weighted by atomic mass is 10.1. The second kappa shape index (κ2) is 12.0. The molecule has 0 aliphatic rings. The molecule has 3 aromatic carbocycles. The van der Waals surface area contributed by atoms with E-state index in [4.69, 9.17) is 4.74 Å². The summed E-state index contributed by atoms with van der Waals surface area (Å²) in [6, 6.07) is 25.7. The monoisotopic (exact) mass is 497 g/mol. The van der Waals surface area contributed by atoms with Crippen LogP contribution in [-0.4, -0.2) is 39.7 Å². The van der Waals surface area contributed by atoms with Gasteiger partial charge >= 0.3 is 0 Å². The maximum atomic E-state index is 12.5. The van der Waals surface area contributed by atoms with Crippen molar-refractivity contribution in [3.8, 4) is 22.8 Å². The maximum Gasteiger partial charge on any atom is 0.250 e. The van der Waals surface area contributed by atoms with Crippen molar-refractivity contribution in [3.05, 3.63) is 95.6 Å². The third-order valence-electron chi connectivity index (χ3n) is 5.26. The number of hydrogen-bond acceptors (Lipinski definition) is 6. The van der Waals surface area contributed by atoms with Crippen LogP contribution in [0.1, 0.15) is 18.1 Å². The zero-order chi connectivity index (χ0) is 25.3. The maximum absolute atomic E-state index is 12.5. The van der Waals surface area contributed by atoms with Crippen LogP contribution in [0.15, 0.2) is 94.7 Å². The topological polar surface area (TPSA) is 81.4 Å². The van der Waals surface area contributed by atoms with Gasteiger partial charge in [0.15, 0.2) is 11.0 Å². The van der Waals surface area contributed by atoms with Crippen LogP contribution >= 0.6 is 11.8 Å². The molecule has 0 radical (unpaired) electrons. The molecule has 182 valence electrons. The standard InChI is InChI=1S/C28H27N5O2S/c1-20-9-11-23(12-10-20)27-31-32-28(33(27)24-13-15-25(35-3)16-14-24)36-19-26(34)30-29-18-21(2)17-22-7-5-4-6-8-22/h4-18H,19H2,1-3H3,(H,30,34)/b21-17+,29-18-. The quantitative estimate of drug-likeness (QED) is 0.186. The summed E-state index contributed by atoms with van der Waals surface area (Å²) in [4.78, 5) is 12.5. The molecule has 0 bridgehead atoms. The van der Waals surface area contributed by atoms with Crippen molar-refractivity contribution in [1.82, 2.24) is 20.2 Å². The number of aromatic nitrogens is 3. The van der Waals surface area contributed by atoms with Gasteiger partial charge in [-0.25, -0.2) is 5.43 Å². The van der Waals surface area contributed by atoms with Crippen molar-refractivity contribution in [3.63, 3.8) is 0 Å². The first-order valence-corrected chi connectivity index (χ1v) is 12.4. The summed E-state index contributed by atoms with van der Waals surface area (Å²) in [5, 5.41) is 13.5. The summed E-state index contributed by atoms with van der Waals surface area (Å²) >= 11 is 1.30. The highest BCUT2D eigenvalue weighted by Gasteiger charge is 2.17. The van der Waals surface area contributed by atoms with Crippen LogP contribution in [0.2, 0.25) is 0 Å². The molecule has 0 unspecified atom stereocenters. The van der Waals surface area contributed by atoms with Crippen LogP contribution in [-0.2, 0) is 4.79 Å². The zero-order valence-corrected chi connectivity index (χ0v) is 21.2. The number of nitrogens with one attached hydrogen (secondary N) is 1. The highest BCUT2D eigenvalue weighted by Crippen LogP contribution is 2.29. The van der Waals surface area contributed by atoms with Gasteiger partial charge in [-0.15, -0.1) is 10.2 Å². The number of allylic oxidation sites excluding steroid dienone is 1. The van der Waals surface area contributed by atoms with Crippen molar-refractivity contribution in [2.24, 2.45) is 5.10 Å². The molecule has 1 aromatic heterocycles. The van der Waals surface area contributed by atoms with Gasteiger partial charge in [0.2, 0.25) is 0 Å². The molecule has 0 fully saturated rings. The molecule has 8 heteroatoms. The van der Waals surface area contributed by atoms with E-state index < -0.39 is 0 Å². The minimum Gasteiger partial charge on any atom is -0.497 e. The van der Waals surface area contributed by atoms with Crippen LogP contribution in [0.25, 0.3) is 23.2 Å². The molecule has 0 spiro atoms. The van der Waals surface area contributed by atoms with Crippen molar-refractivity contribution in [2.45, 2.75) is 19.0 Å². The molecule has 4 aromatic rings. The molecule has 1 heterocycles. The van der Waals surface area contributed by atoms with E-state index in [-0.39, 0.29) is 11.7 Å². The third kappa shape index (κ3) is 6.49. The van der Waals surface area contributed by atoms with Gasteiger partial charge in [0.05, 0.1) is 19.1 Å². The van der Waals surface area contributed by atoms with Gasteiger partial charge in [-0.05, 0) is 49.2 Å². The number of hydrazone groups is 1. The Morgan fingerprint density at radius 1 is 1.03 bits per heavy atom. The fourth-order valence-electron chi connectivity index (χ4n) is 3.43. The van der Waals surface area contributed by atoms with Gasteiger partial charge in [0.1, 0.15) is 5.75 Å². The van der Waals surface area contributed by atoms with Crippen molar-refractivity contribution in [1.29, 1.82) is 0 Å². The van der Waals surface area contributed by atoms with E-state index >= 15 is 0 Å². The molecule has 0 atom stereocenters. The fourth-order valence-corrected chi connectivity index (χ4v) is 4.18. The van der Waals surface area contributed by atoms with E-state index in [1.54, 1.807) is 13.3 Å². The Hall–Kier alpha value is -4.17. The zero-order valence-electron chi connectivity index (χ0n) is 20.4. The molecule has 4 rings (SSSR count). The molecule has 1 N–H and O–H groups in total. The molecule has 0 aliphatic heterocycles. The Bertz CT molecular complexity index is 1360. The second-order valence-electron chi connectivity index (χ2n) is 8.09. The Morgan fingerprint density at radius 3 is 2.44 bits per heavy atom. The second-order valence-corrected chi connectivity index (χ2v) is 9.03. The van der Waals surface area contributed by atoms with Gasteiger partial charge in [0.25, 0.3) is 5.91 Å². The summed E-state index contributed by atoms with van der Waals surface area (Å²) in [6.07, 6.45) is 3.62. The SMILES string of the molecule is COc1ccc(-n2c(SCC(=O)N/N=C\C(C)=C\c3ccccc3)nnc2-c2ccc(C)cc2)cc1. The van der Waals surface area contributed by atoms with Crippen LogP contribution in [0.5, 0.6) is 5.75 Å². The van der Waals surface area contributed by atoms with Crippen LogP contribution in [0.3, 0.4) is 0 Å². The van der Waals surface area contributed by atoms with E-state index in [1.165, 1.54) is 11.8 Å². The molecular formula is C28H27N5O2S. The Labute approximate surface area is 214 Å². The summed E-state index contributed by atoms with van der Waals surface area (Å²) in [7, 11) is 1.63. The lowest BCUT2D eigenvalue weighted by Crippen LogP contribution is -2.20. The minimum atomic E-state index is -0.232. The summed E-state index contributed by atoms with van der Waals surface area (Å²) in [5.74, 6) is 1.36. The van der Waals surface area contributed by atoms with Gasteiger partial charge in [-0.3, -0.25) is 9.36 Å². The van der Waals surface area contributed by atoms with E-state index in [2.05, 4.69) is 20.7 Å². The van der Waals surface area contributed by atoms with E-state index in [9.17, 15) is 4.79 Å². The molecule has 7 nitrogen and oxygen atoms in total. The predicted octanol–water partition coefficient (Wildman–Crippen LogP) is 5.55. The average molecular weight is 498 g/mol. The molecular weight excluding hydrogens is 470 g/mol. The Balaban J connectivity index is 1.48. The summed E-state index contributed by atoms with van der Waals surface area (Å²) < 4.78 is 7.24. The van der Waals surface area contributed by atoms with E-state index in [0.29, 0.717) is 11.0 Å². The van der Waals surface area contributed by atoms with Crippen LogP contribution in [0.4, 0.5) is 0 Å². The molecule has 0 saturated carbocycles. The van der Waals surface area contributed by atoms with Crippen LogP contribution < -0.4 is 10.2 Å². The molecule has 0 saturated heterocycles. The highest BCUT2D eigenvalue weighted by atomic mass is 32.2. The van der Waals surface area contributed by atoms with E-state index in [0.717, 1.165) is 33.7 Å². The van der Waals surface area contributed by atoms with Crippen molar-refractivity contribution in [2.75, 3.05) is 12.9 Å².